The van der Waals surface area contributed by atoms with Gasteiger partial charge in [0.2, 0.25) is 0 Å². The number of H-pyrrole nitrogens is 1. The quantitative estimate of drug-likeness (QED) is 0.678. The molecule has 3 rings (SSSR count). The van der Waals surface area contributed by atoms with E-state index in [2.05, 4.69) is 15.2 Å². The summed E-state index contributed by atoms with van der Waals surface area (Å²) in [7, 11) is 0. The molecule has 8 heteroatoms. The molecule has 1 N–H and O–H groups in total. The van der Waals surface area contributed by atoms with E-state index in [4.69, 9.17) is 23.2 Å². The number of rotatable bonds is 3. The number of hydrogen-bond acceptors (Lipinski definition) is 4. The van der Waals surface area contributed by atoms with Gasteiger partial charge in [0.15, 0.2) is 5.82 Å². The van der Waals surface area contributed by atoms with Crippen LogP contribution in [0.1, 0.15) is 30.4 Å². The van der Waals surface area contributed by atoms with Gasteiger partial charge in [-0.25, -0.2) is 4.99 Å². The van der Waals surface area contributed by atoms with Crippen molar-refractivity contribution in [3.63, 3.8) is 0 Å². The predicted octanol–water partition coefficient (Wildman–Crippen LogP) is 3.99. The molecule has 2 atom stereocenters. The molecule has 0 amide bonds. The largest absolute Gasteiger partial charge is 0.264 e. The van der Waals surface area contributed by atoms with Gasteiger partial charge in [0.05, 0.1) is 27.9 Å². The van der Waals surface area contributed by atoms with E-state index in [1.165, 1.54) is 0 Å². The number of aromatic nitrogens is 2. The summed E-state index contributed by atoms with van der Waals surface area (Å²) in [5, 5.41) is 19.1. The van der Waals surface area contributed by atoms with Crippen LogP contribution < -0.4 is 0 Å². The Morgan fingerprint density at radius 2 is 2.14 bits per heavy atom. The first-order valence-electron chi connectivity index (χ1n) is 6.72. The Labute approximate surface area is 136 Å². The van der Waals surface area contributed by atoms with Gasteiger partial charge in [-0.05, 0) is 18.1 Å². The van der Waals surface area contributed by atoms with Crippen molar-refractivity contribution in [2.75, 3.05) is 0 Å². The van der Waals surface area contributed by atoms with E-state index in [1.54, 1.807) is 24.4 Å². The molecule has 2 unspecified atom stereocenters. The molecule has 6 nitrogen and oxygen atoms in total. The fourth-order valence-electron chi connectivity index (χ4n) is 2.81. The van der Waals surface area contributed by atoms with Gasteiger partial charge < -0.3 is 0 Å². The maximum Gasteiger partial charge on any atom is 0.261 e. The van der Waals surface area contributed by atoms with Crippen molar-refractivity contribution >= 4 is 34.7 Å². The van der Waals surface area contributed by atoms with Gasteiger partial charge in [-0.15, -0.1) is 0 Å². The Hall–Kier alpha value is -1.92. The van der Waals surface area contributed by atoms with Crippen molar-refractivity contribution in [2.45, 2.75) is 25.3 Å². The molecule has 0 aliphatic carbocycles. The maximum absolute atomic E-state index is 11.7. The third-order valence-corrected chi connectivity index (χ3v) is 4.63. The first-order chi connectivity index (χ1) is 10.5. The summed E-state index contributed by atoms with van der Waals surface area (Å²) in [5.41, 5.74) is 1.75. The number of nitrogens with zero attached hydrogens (tertiary/aromatic N) is 3. The van der Waals surface area contributed by atoms with E-state index in [-0.39, 0.29) is 4.92 Å². The lowest BCUT2D eigenvalue weighted by atomic mass is 9.81. The predicted molar refractivity (Wildman–Crippen MR) is 85.1 cm³/mol. The molecule has 0 saturated heterocycles. The summed E-state index contributed by atoms with van der Waals surface area (Å²) in [6, 6.07) is 4.16. The lowest BCUT2D eigenvalue weighted by molar-refractivity contribution is -0.505. The highest BCUT2D eigenvalue weighted by molar-refractivity contribution is 6.42. The van der Waals surface area contributed by atoms with Crippen LogP contribution in [0.4, 0.5) is 5.82 Å². The lowest BCUT2D eigenvalue weighted by Gasteiger charge is -2.26. The molecule has 2 aromatic rings. The third kappa shape index (κ3) is 2.28. The van der Waals surface area contributed by atoms with Crippen molar-refractivity contribution < 1.29 is 4.92 Å². The Kier molecular flexibility index (Phi) is 3.88. The minimum atomic E-state index is -0.980. The highest BCUT2D eigenvalue weighted by atomic mass is 35.5. The zero-order valence-corrected chi connectivity index (χ0v) is 13.1. The number of aromatic amines is 1. The molecule has 1 aliphatic rings. The van der Waals surface area contributed by atoms with E-state index in [9.17, 15) is 10.1 Å². The van der Waals surface area contributed by atoms with E-state index < -0.39 is 12.0 Å². The van der Waals surface area contributed by atoms with Crippen molar-refractivity contribution in [3.05, 3.63) is 55.7 Å². The first kappa shape index (κ1) is 15.0. The lowest BCUT2D eigenvalue weighted by Crippen LogP contribution is -2.38. The molecule has 2 heterocycles. The summed E-state index contributed by atoms with van der Waals surface area (Å²) in [4.78, 5) is 15.7. The minimum absolute atomic E-state index is 0.319. The molecule has 0 spiro atoms. The van der Waals surface area contributed by atoms with Gasteiger partial charge in [0.1, 0.15) is 0 Å². The summed E-state index contributed by atoms with van der Waals surface area (Å²) < 4.78 is 0. The SMILES string of the molecule is CCC1=Nc2[nH]ncc2C(c2cccc(Cl)c2Cl)C1[N+](=O)[O-]. The highest BCUT2D eigenvalue weighted by Crippen LogP contribution is 2.43. The van der Waals surface area contributed by atoms with Crippen molar-refractivity contribution in [3.8, 4) is 0 Å². The van der Waals surface area contributed by atoms with Crippen LogP contribution in [-0.4, -0.2) is 26.9 Å². The van der Waals surface area contributed by atoms with Crippen LogP contribution >= 0.6 is 23.2 Å². The van der Waals surface area contributed by atoms with Crippen LogP contribution in [0.5, 0.6) is 0 Å². The highest BCUT2D eigenvalue weighted by Gasteiger charge is 2.43. The van der Waals surface area contributed by atoms with Gasteiger partial charge in [-0.1, -0.05) is 42.3 Å². The molecule has 1 aliphatic heterocycles. The number of benzene rings is 1. The van der Waals surface area contributed by atoms with Gasteiger partial charge >= 0.3 is 0 Å². The molecule has 0 radical (unpaired) electrons. The number of nitrogens with one attached hydrogen (secondary N) is 1. The average Bonchev–Trinajstić information content (AvgIpc) is 2.96. The molecule has 0 saturated carbocycles. The fraction of sp³-hybridized carbons (Fsp3) is 0.286. The standard InChI is InChI=1S/C14H12Cl2N4O2/c1-2-10-13(20(21)22)11(8-6-17-19-14(8)18-10)7-4-3-5-9(15)12(7)16/h3-6,11,13H,2H2,1H3,(H,17,19). The minimum Gasteiger partial charge on any atom is -0.264 e. The molecular formula is C14H12Cl2N4O2. The smallest absolute Gasteiger partial charge is 0.261 e. The molecule has 1 aromatic heterocycles. The van der Waals surface area contributed by atoms with Crippen molar-refractivity contribution in [1.29, 1.82) is 0 Å². The van der Waals surface area contributed by atoms with E-state index in [0.717, 1.165) is 0 Å². The molecular weight excluding hydrogens is 327 g/mol. The molecule has 1 aromatic carbocycles. The fourth-order valence-corrected chi connectivity index (χ4v) is 3.23. The van der Waals surface area contributed by atoms with E-state index in [1.807, 2.05) is 6.92 Å². The normalized spacial score (nSPS) is 20.4. The van der Waals surface area contributed by atoms with Gasteiger partial charge in [-0.3, -0.25) is 15.2 Å². The topological polar surface area (TPSA) is 84.2 Å². The Morgan fingerprint density at radius 3 is 2.82 bits per heavy atom. The second-order valence-corrected chi connectivity index (χ2v) is 5.77. The Balaban J connectivity index is 2.25. The molecule has 22 heavy (non-hydrogen) atoms. The summed E-state index contributed by atoms with van der Waals surface area (Å²) in [5.74, 6) is -0.0293. The average molecular weight is 339 g/mol. The van der Waals surface area contributed by atoms with Crippen molar-refractivity contribution in [1.82, 2.24) is 10.2 Å². The third-order valence-electron chi connectivity index (χ3n) is 3.80. The zero-order chi connectivity index (χ0) is 15.9. The van der Waals surface area contributed by atoms with Crippen LogP contribution in [0.2, 0.25) is 10.0 Å². The van der Waals surface area contributed by atoms with Gasteiger partial charge in [0, 0.05) is 10.5 Å². The second kappa shape index (κ2) is 5.70. The number of aliphatic imine (C=N–C) groups is 1. The van der Waals surface area contributed by atoms with Gasteiger partial charge in [-0.2, -0.15) is 5.10 Å². The second-order valence-electron chi connectivity index (χ2n) is 4.98. The maximum atomic E-state index is 11.7. The number of fused-ring (bicyclic) bond motifs is 1. The van der Waals surface area contributed by atoms with Crippen molar-refractivity contribution in [2.24, 2.45) is 4.99 Å². The zero-order valence-electron chi connectivity index (χ0n) is 11.6. The number of halogens is 2. The van der Waals surface area contributed by atoms with Crippen LogP contribution in [0.15, 0.2) is 29.4 Å². The molecule has 0 bridgehead atoms. The summed E-state index contributed by atoms with van der Waals surface area (Å²) in [6.07, 6.45) is 2.03. The molecule has 0 fully saturated rings. The summed E-state index contributed by atoms with van der Waals surface area (Å²) >= 11 is 12.4. The van der Waals surface area contributed by atoms with E-state index >= 15 is 0 Å². The summed E-state index contributed by atoms with van der Waals surface area (Å²) in [6.45, 7) is 1.84. The van der Waals surface area contributed by atoms with Crippen LogP contribution in [0.3, 0.4) is 0 Å². The van der Waals surface area contributed by atoms with Gasteiger partial charge in [0.25, 0.3) is 6.04 Å². The van der Waals surface area contributed by atoms with Crippen LogP contribution in [0, 0.1) is 10.1 Å². The Bertz CT molecular complexity index is 772. The monoisotopic (exact) mass is 338 g/mol. The number of hydrogen-bond donors (Lipinski definition) is 1. The molecule has 114 valence electrons. The van der Waals surface area contributed by atoms with Crippen LogP contribution in [0.25, 0.3) is 0 Å². The Morgan fingerprint density at radius 1 is 1.36 bits per heavy atom. The first-order valence-corrected chi connectivity index (χ1v) is 7.48. The van der Waals surface area contributed by atoms with Crippen LogP contribution in [-0.2, 0) is 0 Å². The number of nitro groups is 1. The van der Waals surface area contributed by atoms with E-state index in [0.29, 0.717) is 39.1 Å².